The van der Waals surface area contributed by atoms with E-state index in [1.165, 1.54) is 0 Å². The number of halogens is 1. The fourth-order valence-electron chi connectivity index (χ4n) is 2.33. The van der Waals surface area contributed by atoms with Crippen molar-refractivity contribution in [2.75, 3.05) is 13.2 Å². The third kappa shape index (κ3) is 1.75. The first-order valence-corrected chi connectivity index (χ1v) is 6.17. The van der Waals surface area contributed by atoms with Gasteiger partial charge in [0.15, 0.2) is 0 Å². The van der Waals surface area contributed by atoms with E-state index < -0.39 is 5.60 Å². The SMILES string of the molecule is OC1(c2ccc(C3CCOC3)c(Cl)c2)CC1. The average molecular weight is 239 g/mol. The summed E-state index contributed by atoms with van der Waals surface area (Å²) in [6, 6.07) is 5.97. The lowest BCUT2D eigenvalue weighted by molar-refractivity contribution is 0.151. The molecule has 1 heterocycles. The third-order valence-corrected chi connectivity index (χ3v) is 3.96. The lowest BCUT2D eigenvalue weighted by Crippen LogP contribution is -2.06. The van der Waals surface area contributed by atoms with Crippen LogP contribution >= 0.6 is 11.6 Å². The Hall–Kier alpha value is -0.570. The summed E-state index contributed by atoms with van der Waals surface area (Å²) in [7, 11) is 0. The van der Waals surface area contributed by atoms with Crippen LogP contribution in [0.15, 0.2) is 18.2 Å². The first-order valence-electron chi connectivity index (χ1n) is 5.79. The van der Waals surface area contributed by atoms with Gasteiger partial charge in [-0.1, -0.05) is 23.7 Å². The fraction of sp³-hybridized carbons (Fsp3) is 0.538. The zero-order chi connectivity index (χ0) is 11.2. The van der Waals surface area contributed by atoms with Crippen LogP contribution in [0, 0.1) is 0 Å². The van der Waals surface area contributed by atoms with Crippen molar-refractivity contribution in [2.45, 2.75) is 30.8 Å². The standard InChI is InChI=1S/C13H15ClO2/c14-12-7-10(13(15)4-5-13)1-2-11(12)9-3-6-16-8-9/h1-2,7,9,15H,3-6,8H2. The van der Waals surface area contributed by atoms with E-state index in [-0.39, 0.29) is 0 Å². The van der Waals surface area contributed by atoms with E-state index in [1.807, 2.05) is 18.2 Å². The molecule has 2 nitrogen and oxygen atoms in total. The summed E-state index contributed by atoms with van der Waals surface area (Å²) in [6.07, 6.45) is 2.76. The summed E-state index contributed by atoms with van der Waals surface area (Å²) < 4.78 is 5.37. The second-order valence-corrected chi connectivity index (χ2v) is 5.24. The Morgan fingerprint density at radius 1 is 1.38 bits per heavy atom. The molecule has 1 atom stereocenters. The van der Waals surface area contributed by atoms with E-state index in [1.54, 1.807) is 0 Å². The van der Waals surface area contributed by atoms with Gasteiger partial charge in [0.25, 0.3) is 0 Å². The quantitative estimate of drug-likeness (QED) is 0.859. The highest BCUT2D eigenvalue weighted by molar-refractivity contribution is 6.31. The van der Waals surface area contributed by atoms with Crippen LogP contribution in [-0.2, 0) is 10.3 Å². The van der Waals surface area contributed by atoms with Crippen molar-refractivity contribution in [3.8, 4) is 0 Å². The van der Waals surface area contributed by atoms with Crippen molar-refractivity contribution < 1.29 is 9.84 Å². The smallest absolute Gasteiger partial charge is 0.0899 e. The Morgan fingerprint density at radius 3 is 2.75 bits per heavy atom. The van der Waals surface area contributed by atoms with Gasteiger partial charge in [0.2, 0.25) is 0 Å². The normalized spacial score (nSPS) is 27.0. The molecule has 0 radical (unpaired) electrons. The van der Waals surface area contributed by atoms with Crippen LogP contribution in [0.2, 0.25) is 5.02 Å². The number of hydrogen-bond acceptors (Lipinski definition) is 2. The summed E-state index contributed by atoms with van der Waals surface area (Å²) in [5, 5.41) is 10.8. The molecule has 1 N–H and O–H groups in total. The third-order valence-electron chi connectivity index (χ3n) is 3.63. The Bertz CT molecular complexity index is 406. The van der Waals surface area contributed by atoms with Crippen LogP contribution in [0.3, 0.4) is 0 Å². The molecular formula is C13H15ClO2. The van der Waals surface area contributed by atoms with Crippen molar-refractivity contribution in [2.24, 2.45) is 0 Å². The summed E-state index contributed by atoms with van der Waals surface area (Å²) in [5.41, 5.74) is 1.53. The van der Waals surface area contributed by atoms with Crippen molar-refractivity contribution in [1.29, 1.82) is 0 Å². The molecule has 2 aliphatic rings. The van der Waals surface area contributed by atoms with Crippen LogP contribution < -0.4 is 0 Å². The maximum Gasteiger partial charge on any atom is 0.0899 e. The predicted octanol–water partition coefficient (Wildman–Crippen LogP) is 2.83. The number of benzene rings is 1. The molecule has 0 spiro atoms. The second kappa shape index (κ2) is 3.73. The van der Waals surface area contributed by atoms with Gasteiger partial charge in [-0.25, -0.2) is 0 Å². The van der Waals surface area contributed by atoms with Gasteiger partial charge in [-0.3, -0.25) is 0 Å². The number of aliphatic hydroxyl groups is 1. The van der Waals surface area contributed by atoms with Gasteiger partial charge >= 0.3 is 0 Å². The molecule has 86 valence electrons. The Kier molecular flexibility index (Phi) is 2.46. The van der Waals surface area contributed by atoms with Crippen LogP contribution in [-0.4, -0.2) is 18.3 Å². The Balaban J connectivity index is 1.90. The highest BCUT2D eigenvalue weighted by atomic mass is 35.5. The summed E-state index contributed by atoms with van der Waals surface area (Å²) in [4.78, 5) is 0. The minimum Gasteiger partial charge on any atom is -0.385 e. The lowest BCUT2D eigenvalue weighted by Gasteiger charge is -2.14. The number of ether oxygens (including phenoxy) is 1. The van der Waals surface area contributed by atoms with Gasteiger partial charge in [-0.2, -0.15) is 0 Å². The summed E-state index contributed by atoms with van der Waals surface area (Å²) >= 11 is 6.28. The monoisotopic (exact) mass is 238 g/mol. The molecule has 0 aromatic heterocycles. The molecule has 3 rings (SSSR count). The van der Waals surface area contributed by atoms with E-state index in [4.69, 9.17) is 16.3 Å². The molecule has 0 amide bonds. The fourth-order valence-corrected chi connectivity index (χ4v) is 2.67. The zero-order valence-electron chi connectivity index (χ0n) is 9.08. The van der Waals surface area contributed by atoms with E-state index in [9.17, 15) is 5.11 Å². The molecule has 3 heteroatoms. The minimum absolute atomic E-state index is 0.426. The van der Waals surface area contributed by atoms with Gasteiger partial charge in [0.05, 0.1) is 12.2 Å². The average Bonchev–Trinajstić information content (AvgIpc) is 2.82. The maximum absolute atomic E-state index is 10.00. The molecule has 1 aliphatic carbocycles. The lowest BCUT2D eigenvalue weighted by atomic mass is 9.96. The highest BCUT2D eigenvalue weighted by Crippen LogP contribution is 2.46. The topological polar surface area (TPSA) is 29.5 Å². The number of hydrogen-bond donors (Lipinski definition) is 1. The zero-order valence-corrected chi connectivity index (χ0v) is 9.83. The van der Waals surface area contributed by atoms with Gasteiger partial charge in [0.1, 0.15) is 0 Å². The van der Waals surface area contributed by atoms with Crippen LogP contribution in [0.25, 0.3) is 0 Å². The van der Waals surface area contributed by atoms with Crippen molar-refractivity contribution in [3.05, 3.63) is 34.3 Å². The highest BCUT2D eigenvalue weighted by Gasteiger charge is 2.42. The molecule has 1 unspecified atom stereocenters. The molecule has 1 aromatic carbocycles. The molecule has 1 aromatic rings. The van der Waals surface area contributed by atoms with E-state index >= 15 is 0 Å². The Labute approximate surface area is 100 Å². The van der Waals surface area contributed by atoms with Crippen molar-refractivity contribution in [1.82, 2.24) is 0 Å². The van der Waals surface area contributed by atoms with Gasteiger partial charge in [-0.05, 0) is 36.5 Å². The van der Waals surface area contributed by atoms with Crippen LogP contribution in [0.5, 0.6) is 0 Å². The largest absolute Gasteiger partial charge is 0.385 e. The molecule has 2 fully saturated rings. The van der Waals surface area contributed by atoms with Crippen molar-refractivity contribution in [3.63, 3.8) is 0 Å². The molecule has 1 saturated heterocycles. The Morgan fingerprint density at radius 2 is 2.19 bits per heavy atom. The number of rotatable bonds is 2. The van der Waals surface area contributed by atoms with E-state index in [0.29, 0.717) is 5.92 Å². The molecule has 0 bridgehead atoms. The first kappa shape index (κ1) is 10.6. The second-order valence-electron chi connectivity index (χ2n) is 4.83. The van der Waals surface area contributed by atoms with Crippen LogP contribution in [0.1, 0.15) is 36.3 Å². The first-order chi connectivity index (χ1) is 7.69. The molecule has 16 heavy (non-hydrogen) atoms. The molecule has 1 aliphatic heterocycles. The predicted molar refractivity (Wildman–Crippen MR) is 62.8 cm³/mol. The van der Waals surface area contributed by atoms with Crippen LogP contribution in [0.4, 0.5) is 0 Å². The van der Waals surface area contributed by atoms with Crippen molar-refractivity contribution >= 4 is 11.6 Å². The van der Waals surface area contributed by atoms with E-state index in [0.717, 1.165) is 48.6 Å². The molecule has 1 saturated carbocycles. The minimum atomic E-state index is -0.589. The summed E-state index contributed by atoms with van der Waals surface area (Å²) in [5.74, 6) is 0.426. The summed E-state index contributed by atoms with van der Waals surface area (Å²) in [6.45, 7) is 1.59. The van der Waals surface area contributed by atoms with Gasteiger partial charge in [-0.15, -0.1) is 0 Å². The van der Waals surface area contributed by atoms with Gasteiger partial charge in [0, 0.05) is 17.5 Å². The molecular weight excluding hydrogens is 224 g/mol. The van der Waals surface area contributed by atoms with Gasteiger partial charge < -0.3 is 9.84 Å². The maximum atomic E-state index is 10.00. The van der Waals surface area contributed by atoms with E-state index in [2.05, 4.69) is 0 Å².